The largest absolute Gasteiger partial charge is 0.366 e. The fourth-order valence-electron chi connectivity index (χ4n) is 2.49. The molecule has 1 aliphatic rings. The normalized spacial score (nSPS) is 15.0. The van der Waals surface area contributed by atoms with Crippen molar-refractivity contribution in [3.63, 3.8) is 0 Å². The average molecular weight is 312 g/mol. The van der Waals surface area contributed by atoms with Gasteiger partial charge in [0, 0.05) is 12.1 Å². The zero-order valence-electron chi connectivity index (χ0n) is 11.9. The Labute approximate surface area is 131 Å². The van der Waals surface area contributed by atoms with E-state index in [1.54, 1.807) is 18.2 Å². The predicted octanol–water partition coefficient (Wildman–Crippen LogP) is 0.866. The first-order valence-electron chi connectivity index (χ1n) is 7.02. The molecule has 1 aromatic rings. The number of piperidine rings is 1. The number of hydrogen-bond acceptors (Lipinski definition) is 3. The van der Waals surface area contributed by atoms with Crippen molar-refractivity contribution in [2.75, 3.05) is 19.6 Å². The van der Waals surface area contributed by atoms with Gasteiger partial charge in [-0.2, -0.15) is 0 Å². The number of rotatable bonds is 5. The summed E-state index contributed by atoms with van der Waals surface area (Å²) in [7, 11) is 0. The van der Waals surface area contributed by atoms with Crippen LogP contribution in [0.4, 0.5) is 0 Å². The average Bonchev–Trinajstić information content (AvgIpc) is 2.46. The van der Waals surface area contributed by atoms with Crippen LogP contribution in [-0.4, -0.2) is 31.4 Å². The molecule has 1 aromatic carbocycles. The number of hydrogen-bond donors (Lipinski definition) is 3. The van der Waals surface area contributed by atoms with E-state index in [2.05, 4.69) is 10.6 Å². The number of benzene rings is 1. The highest BCUT2D eigenvalue weighted by atomic mass is 35.5. The summed E-state index contributed by atoms with van der Waals surface area (Å²) in [5.41, 5.74) is 6.41. The van der Waals surface area contributed by atoms with Gasteiger partial charge in [-0.05, 0) is 43.5 Å². The molecular formula is C15H22ClN3O2. The van der Waals surface area contributed by atoms with Gasteiger partial charge in [-0.3, -0.25) is 9.59 Å². The van der Waals surface area contributed by atoms with Gasteiger partial charge in [0.1, 0.15) is 0 Å². The van der Waals surface area contributed by atoms with Gasteiger partial charge in [0.15, 0.2) is 0 Å². The van der Waals surface area contributed by atoms with E-state index in [0.29, 0.717) is 23.6 Å². The molecule has 1 fully saturated rings. The molecule has 2 amide bonds. The molecule has 0 atom stereocenters. The molecule has 116 valence electrons. The lowest BCUT2D eigenvalue weighted by molar-refractivity contribution is -0.120. The summed E-state index contributed by atoms with van der Waals surface area (Å²) in [5, 5.41) is 6.25. The predicted molar refractivity (Wildman–Crippen MR) is 84.5 cm³/mol. The van der Waals surface area contributed by atoms with Crippen LogP contribution in [0, 0.1) is 5.92 Å². The first-order valence-corrected chi connectivity index (χ1v) is 7.02. The molecule has 0 spiro atoms. The fraction of sp³-hybridized carbons (Fsp3) is 0.467. The van der Waals surface area contributed by atoms with Crippen molar-refractivity contribution in [3.05, 3.63) is 35.4 Å². The lowest BCUT2D eigenvalue weighted by Crippen LogP contribution is -2.36. The van der Waals surface area contributed by atoms with Crippen molar-refractivity contribution in [2.24, 2.45) is 11.7 Å². The van der Waals surface area contributed by atoms with Crippen molar-refractivity contribution in [3.8, 4) is 0 Å². The number of nitrogens with one attached hydrogen (secondary N) is 2. The minimum Gasteiger partial charge on any atom is -0.366 e. The number of carbonyl (C=O) groups excluding carboxylic acids is 2. The Kier molecular flexibility index (Phi) is 7.19. The number of carbonyl (C=O) groups is 2. The molecule has 2 rings (SSSR count). The van der Waals surface area contributed by atoms with E-state index in [1.165, 1.54) is 0 Å². The highest BCUT2D eigenvalue weighted by Crippen LogP contribution is 2.11. The highest BCUT2D eigenvalue weighted by Gasteiger charge is 2.15. The summed E-state index contributed by atoms with van der Waals surface area (Å²) in [6.45, 7) is 2.75. The fourth-order valence-corrected chi connectivity index (χ4v) is 2.49. The topological polar surface area (TPSA) is 84.2 Å². The van der Waals surface area contributed by atoms with Gasteiger partial charge in [-0.1, -0.05) is 18.2 Å². The molecule has 1 heterocycles. The second-order valence-corrected chi connectivity index (χ2v) is 5.20. The standard InChI is InChI=1S/C15H21N3O2.ClH/c16-15(20)13-4-2-1-3-12(13)9-14(19)18-10-11-5-7-17-8-6-11;/h1-4,11,17H,5-10H2,(H2,16,20)(H,18,19);1H. The molecule has 0 aliphatic carbocycles. The van der Waals surface area contributed by atoms with E-state index >= 15 is 0 Å². The Balaban J connectivity index is 0.00000220. The molecule has 0 radical (unpaired) electrons. The van der Waals surface area contributed by atoms with Crippen molar-refractivity contribution in [1.29, 1.82) is 0 Å². The van der Waals surface area contributed by atoms with Crippen LogP contribution in [0.5, 0.6) is 0 Å². The van der Waals surface area contributed by atoms with Gasteiger partial charge in [-0.15, -0.1) is 12.4 Å². The summed E-state index contributed by atoms with van der Waals surface area (Å²) < 4.78 is 0. The van der Waals surface area contributed by atoms with Crippen molar-refractivity contribution in [1.82, 2.24) is 10.6 Å². The van der Waals surface area contributed by atoms with Gasteiger partial charge in [0.2, 0.25) is 11.8 Å². The third kappa shape index (κ3) is 5.36. The van der Waals surface area contributed by atoms with Crippen LogP contribution in [0.2, 0.25) is 0 Å². The molecule has 1 aliphatic heterocycles. The SMILES string of the molecule is Cl.NC(=O)c1ccccc1CC(=O)NCC1CCNCC1. The second-order valence-electron chi connectivity index (χ2n) is 5.20. The zero-order chi connectivity index (χ0) is 14.4. The summed E-state index contributed by atoms with van der Waals surface area (Å²) in [6, 6.07) is 6.97. The van der Waals surface area contributed by atoms with Crippen molar-refractivity contribution < 1.29 is 9.59 Å². The molecule has 0 unspecified atom stereocenters. The first-order chi connectivity index (χ1) is 9.66. The zero-order valence-corrected chi connectivity index (χ0v) is 12.7. The summed E-state index contributed by atoms with van der Waals surface area (Å²) in [6.07, 6.45) is 2.39. The van der Waals surface area contributed by atoms with Crippen LogP contribution < -0.4 is 16.4 Å². The Morgan fingerprint density at radius 1 is 1.24 bits per heavy atom. The molecule has 0 aromatic heterocycles. The molecule has 5 nitrogen and oxygen atoms in total. The van der Waals surface area contributed by atoms with Crippen molar-refractivity contribution >= 4 is 24.2 Å². The van der Waals surface area contributed by atoms with Gasteiger partial charge in [0.05, 0.1) is 6.42 Å². The monoisotopic (exact) mass is 311 g/mol. The highest BCUT2D eigenvalue weighted by molar-refractivity contribution is 5.95. The maximum atomic E-state index is 12.0. The Hall–Kier alpha value is -1.59. The van der Waals surface area contributed by atoms with Gasteiger partial charge >= 0.3 is 0 Å². The minimum atomic E-state index is -0.494. The van der Waals surface area contributed by atoms with Gasteiger partial charge < -0.3 is 16.4 Å². The van der Waals surface area contributed by atoms with E-state index in [0.717, 1.165) is 25.9 Å². The number of primary amides is 1. The summed E-state index contributed by atoms with van der Waals surface area (Å²) in [4.78, 5) is 23.2. The van der Waals surface area contributed by atoms with E-state index < -0.39 is 5.91 Å². The van der Waals surface area contributed by atoms with Gasteiger partial charge in [-0.25, -0.2) is 0 Å². The van der Waals surface area contributed by atoms with Crippen LogP contribution in [0.3, 0.4) is 0 Å². The maximum absolute atomic E-state index is 12.0. The molecule has 4 N–H and O–H groups in total. The molecular weight excluding hydrogens is 290 g/mol. The lowest BCUT2D eigenvalue weighted by atomic mass is 9.98. The smallest absolute Gasteiger partial charge is 0.248 e. The number of amides is 2. The molecule has 21 heavy (non-hydrogen) atoms. The first kappa shape index (κ1) is 17.5. The summed E-state index contributed by atoms with van der Waals surface area (Å²) >= 11 is 0. The quantitative estimate of drug-likeness (QED) is 0.754. The Morgan fingerprint density at radius 3 is 2.57 bits per heavy atom. The van der Waals surface area contributed by atoms with Crippen molar-refractivity contribution in [2.45, 2.75) is 19.3 Å². The third-order valence-electron chi connectivity index (χ3n) is 3.68. The van der Waals surface area contributed by atoms with Crippen LogP contribution in [0.25, 0.3) is 0 Å². The Morgan fingerprint density at radius 2 is 1.90 bits per heavy atom. The van der Waals surface area contributed by atoms with E-state index in [1.807, 2.05) is 6.07 Å². The van der Waals surface area contributed by atoms with E-state index in [4.69, 9.17) is 5.73 Å². The van der Waals surface area contributed by atoms with Crippen LogP contribution >= 0.6 is 12.4 Å². The second kappa shape index (κ2) is 8.64. The van der Waals surface area contributed by atoms with Crippen LogP contribution in [0.15, 0.2) is 24.3 Å². The number of halogens is 1. The van der Waals surface area contributed by atoms with Crippen LogP contribution in [0.1, 0.15) is 28.8 Å². The third-order valence-corrected chi connectivity index (χ3v) is 3.68. The molecule has 0 saturated carbocycles. The maximum Gasteiger partial charge on any atom is 0.248 e. The van der Waals surface area contributed by atoms with E-state index in [-0.39, 0.29) is 24.7 Å². The summed E-state index contributed by atoms with van der Waals surface area (Å²) in [5.74, 6) is -0.00410. The Bertz CT molecular complexity index is 488. The van der Waals surface area contributed by atoms with Crippen LogP contribution in [-0.2, 0) is 11.2 Å². The molecule has 0 bridgehead atoms. The molecule has 1 saturated heterocycles. The number of nitrogens with two attached hydrogens (primary N) is 1. The van der Waals surface area contributed by atoms with E-state index in [9.17, 15) is 9.59 Å². The van der Waals surface area contributed by atoms with Gasteiger partial charge in [0.25, 0.3) is 0 Å². The molecule has 6 heteroatoms. The minimum absolute atomic E-state index is 0. The lowest BCUT2D eigenvalue weighted by Gasteiger charge is -2.22.